The van der Waals surface area contributed by atoms with Crippen molar-refractivity contribution in [2.75, 3.05) is 6.54 Å². The lowest BCUT2D eigenvalue weighted by Crippen LogP contribution is -2.33. The molecule has 2 aromatic rings. The summed E-state index contributed by atoms with van der Waals surface area (Å²) in [5.41, 5.74) is 0.306. The molecule has 1 unspecified atom stereocenters. The number of aromatic nitrogens is 3. The number of hydrogen-bond donors (Lipinski definition) is 2. The van der Waals surface area contributed by atoms with Gasteiger partial charge >= 0.3 is 0 Å². The van der Waals surface area contributed by atoms with Gasteiger partial charge in [-0.25, -0.2) is 0 Å². The average Bonchev–Trinajstić information content (AvgIpc) is 3.19. The number of rotatable bonds is 5. The van der Waals surface area contributed by atoms with Gasteiger partial charge < -0.3 is 15.2 Å². The lowest BCUT2D eigenvalue weighted by atomic mass is 10.2. The molecule has 3 rings (SSSR count). The molecule has 0 radical (unpaired) electrons. The smallest absolute Gasteiger partial charge is 0.253 e. The standard InChI is InChI=1S/C17H15Cl2N5O2/c1-2-7-20-17(26)13-5-6-14-22-23-15(24(13)14)9-21-16(25)11-4-3-10(18)8-12(11)19/h1,3-4,8,13H,5-7,9H2,(H,20,26)(H,21,25). The van der Waals surface area contributed by atoms with E-state index in [0.29, 0.717) is 35.1 Å². The molecule has 1 aliphatic heterocycles. The molecule has 2 heterocycles. The third-order valence-corrected chi connectivity index (χ3v) is 4.59. The van der Waals surface area contributed by atoms with Crippen molar-refractivity contribution in [3.05, 3.63) is 45.5 Å². The van der Waals surface area contributed by atoms with Crippen molar-refractivity contribution >= 4 is 35.0 Å². The van der Waals surface area contributed by atoms with Gasteiger partial charge in [-0.2, -0.15) is 0 Å². The molecule has 9 heteroatoms. The minimum absolute atomic E-state index is 0.115. The summed E-state index contributed by atoms with van der Waals surface area (Å²) in [5, 5.41) is 14.3. The Morgan fingerprint density at radius 1 is 1.31 bits per heavy atom. The topological polar surface area (TPSA) is 88.9 Å². The number of nitrogens with one attached hydrogen (secondary N) is 2. The second kappa shape index (κ2) is 7.77. The highest BCUT2D eigenvalue weighted by Crippen LogP contribution is 2.26. The fourth-order valence-corrected chi connectivity index (χ4v) is 3.33. The zero-order valence-corrected chi connectivity index (χ0v) is 15.1. The van der Waals surface area contributed by atoms with Crippen molar-refractivity contribution in [1.82, 2.24) is 25.4 Å². The molecule has 1 aromatic heterocycles. The van der Waals surface area contributed by atoms with Gasteiger partial charge in [0.25, 0.3) is 5.91 Å². The largest absolute Gasteiger partial charge is 0.345 e. The number of halogens is 2. The second-order valence-corrected chi connectivity index (χ2v) is 6.53. The number of nitrogens with zero attached hydrogens (tertiary/aromatic N) is 3. The number of carbonyl (C=O) groups excluding carboxylic acids is 2. The maximum atomic E-state index is 12.3. The number of benzene rings is 1. The average molecular weight is 392 g/mol. The molecule has 1 atom stereocenters. The molecule has 26 heavy (non-hydrogen) atoms. The predicted molar refractivity (Wildman–Crippen MR) is 96.9 cm³/mol. The Kier molecular flexibility index (Phi) is 5.45. The van der Waals surface area contributed by atoms with Crippen molar-refractivity contribution < 1.29 is 9.59 Å². The number of hydrogen-bond acceptors (Lipinski definition) is 4. The van der Waals surface area contributed by atoms with Crippen molar-refractivity contribution in [2.45, 2.75) is 25.4 Å². The Hall–Kier alpha value is -2.56. The van der Waals surface area contributed by atoms with Gasteiger partial charge in [0.15, 0.2) is 5.82 Å². The van der Waals surface area contributed by atoms with Crippen molar-refractivity contribution in [1.29, 1.82) is 0 Å². The fourth-order valence-electron chi connectivity index (χ4n) is 2.84. The predicted octanol–water partition coefficient (Wildman–Crippen LogP) is 1.75. The molecule has 0 saturated heterocycles. The molecule has 1 aromatic carbocycles. The van der Waals surface area contributed by atoms with E-state index in [-0.39, 0.29) is 29.9 Å². The van der Waals surface area contributed by atoms with Crippen LogP contribution < -0.4 is 10.6 Å². The summed E-state index contributed by atoms with van der Waals surface area (Å²) in [4.78, 5) is 24.6. The third-order valence-electron chi connectivity index (χ3n) is 4.04. The van der Waals surface area contributed by atoms with Crippen LogP contribution in [0.15, 0.2) is 18.2 Å². The van der Waals surface area contributed by atoms with Gasteiger partial charge in [0.2, 0.25) is 5.91 Å². The SMILES string of the molecule is C#CCNC(=O)C1CCc2nnc(CNC(=O)c3ccc(Cl)cc3Cl)n21. The molecule has 1 aliphatic rings. The van der Waals surface area contributed by atoms with E-state index in [2.05, 4.69) is 26.8 Å². The molecule has 0 saturated carbocycles. The van der Waals surface area contributed by atoms with E-state index in [9.17, 15) is 9.59 Å². The molecule has 0 spiro atoms. The first kappa shape index (κ1) is 18.2. The first-order valence-corrected chi connectivity index (χ1v) is 8.64. The van der Waals surface area contributed by atoms with Crippen LogP contribution in [0.1, 0.15) is 34.5 Å². The maximum absolute atomic E-state index is 12.3. The van der Waals surface area contributed by atoms with E-state index >= 15 is 0 Å². The molecule has 0 aliphatic carbocycles. The van der Waals surface area contributed by atoms with Gasteiger partial charge in [-0.1, -0.05) is 29.1 Å². The lowest BCUT2D eigenvalue weighted by Gasteiger charge is -2.15. The minimum atomic E-state index is -0.431. The molecular formula is C17H15Cl2N5O2. The van der Waals surface area contributed by atoms with Crippen LogP contribution in [0.2, 0.25) is 10.0 Å². The highest BCUT2D eigenvalue weighted by Gasteiger charge is 2.32. The van der Waals surface area contributed by atoms with Gasteiger partial charge in [0, 0.05) is 11.4 Å². The third kappa shape index (κ3) is 3.66. The Morgan fingerprint density at radius 2 is 2.12 bits per heavy atom. The summed E-state index contributed by atoms with van der Waals surface area (Å²) in [6.45, 7) is 0.275. The van der Waals surface area contributed by atoms with E-state index in [1.54, 1.807) is 16.7 Å². The van der Waals surface area contributed by atoms with Gasteiger partial charge in [0.05, 0.1) is 23.7 Å². The van der Waals surface area contributed by atoms with E-state index in [0.717, 1.165) is 0 Å². The highest BCUT2D eigenvalue weighted by atomic mass is 35.5. The van der Waals surface area contributed by atoms with Gasteiger partial charge in [-0.15, -0.1) is 16.6 Å². The minimum Gasteiger partial charge on any atom is -0.345 e. The van der Waals surface area contributed by atoms with E-state index < -0.39 is 6.04 Å². The van der Waals surface area contributed by atoms with Crippen molar-refractivity contribution in [3.8, 4) is 12.3 Å². The Balaban J connectivity index is 1.71. The van der Waals surface area contributed by atoms with Crippen molar-refractivity contribution in [3.63, 3.8) is 0 Å². The summed E-state index contributed by atoms with van der Waals surface area (Å²) in [5.74, 6) is 3.02. The number of fused-ring (bicyclic) bond motifs is 1. The Morgan fingerprint density at radius 3 is 2.85 bits per heavy atom. The first-order valence-electron chi connectivity index (χ1n) is 7.88. The molecule has 0 bridgehead atoms. The summed E-state index contributed by atoms with van der Waals surface area (Å²) in [6, 6.07) is 4.20. The summed E-state index contributed by atoms with van der Waals surface area (Å²) in [6.07, 6.45) is 6.43. The van der Waals surface area contributed by atoms with Gasteiger partial charge in [-0.3, -0.25) is 9.59 Å². The maximum Gasteiger partial charge on any atom is 0.253 e. The van der Waals surface area contributed by atoms with Crippen LogP contribution in [-0.2, 0) is 17.8 Å². The van der Waals surface area contributed by atoms with E-state index in [1.165, 1.54) is 6.07 Å². The Bertz CT molecular complexity index is 903. The van der Waals surface area contributed by atoms with Crippen LogP contribution in [0.3, 0.4) is 0 Å². The Labute approximate surface area is 160 Å². The van der Waals surface area contributed by atoms with Gasteiger partial charge in [0.1, 0.15) is 11.9 Å². The van der Waals surface area contributed by atoms with Crippen LogP contribution >= 0.6 is 23.2 Å². The van der Waals surface area contributed by atoms with E-state index in [4.69, 9.17) is 29.6 Å². The lowest BCUT2D eigenvalue weighted by molar-refractivity contribution is -0.123. The fraction of sp³-hybridized carbons (Fsp3) is 0.294. The van der Waals surface area contributed by atoms with Crippen LogP contribution in [0.4, 0.5) is 0 Å². The summed E-state index contributed by atoms with van der Waals surface area (Å²) < 4.78 is 1.75. The summed E-state index contributed by atoms with van der Waals surface area (Å²) >= 11 is 11.9. The van der Waals surface area contributed by atoms with Gasteiger partial charge in [-0.05, 0) is 24.6 Å². The van der Waals surface area contributed by atoms with Crippen LogP contribution in [0.5, 0.6) is 0 Å². The number of carbonyl (C=O) groups is 2. The number of terminal acetylenes is 1. The second-order valence-electron chi connectivity index (χ2n) is 5.69. The molecule has 134 valence electrons. The first-order chi connectivity index (χ1) is 12.5. The zero-order valence-electron chi connectivity index (χ0n) is 13.6. The normalized spacial score (nSPS) is 15.2. The summed E-state index contributed by atoms with van der Waals surface area (Å²) in [7, 11) is 0. The molecule has 2 amide bonds. The number of amides is 2. The van der Waals surface area contributed by atoms with Crippen LogP contribution in [0, 0.1) is 12.3 Å². The van der Waals surface area contributed by atoms with E-state index in [1.807, 2.05) is 0 Å². The molecule has 0 fully saturated rings. The molecule has 7 nitrogen and oxygen atoms in total. The molecule has 2 N–H and O–H groups in total. The quantitative estimate of drug-likeness (QED) is 0.759. The highest BCUT2D eigenvalue weighted by molar-refractivity contribution is 6.36. The van der Waals surface area contributed by atoms with Crippen LogP contribution in [-0.4, -0.2) is 33.1 Å². The molecular weight excluding hydrogens is 377 g/mol. The number of aryl methyl sites for hydroxylation is 1. The van der Waals surface area contributed by atoms with Crippen LogP contribution in [0.25, 0.3) is 0 Å². The zero-order chi connectivity index (χ0) is 18.7. The monoisotopic (exact) mass is 391 g/mol. The van der Waals surface area contributed by atoms with Crippen molar-refractivity contribution in [2.24, 2.45) is 0 Å².